The fourth-order valence-corrected chi connectivity index (χ4v) is 1.57. The lowest BCUT2D eigenvalue weighted by atomic mass is 10.1. The van der Waals surface area contributed by atoms with Crippen LogP contribution in [0.2, 0.25) is 0 Å². The zero-order chi connectivity index (χ0) is 11.9. The maximum absolute atomic E-state index is 12.1. The average Bonchev–Trinajstić information content (AvgIpc) is 2.22. The molecule has 4 heteroatoms. The summed E-state index contributed by atoms with van der Waals surface area (Å²) in [4.78, 5) is 23.7. The highest BCUT2D eigenvalue weighted by Crippen LogP contribution is 2.11. The van der Waals surface area contributed by atoms with Gasteiger partial charge in [0.25, 0.3) is 5.56 Å². The van der Waals surface area contributed by atoms with Crippen molar-refractivity contribution in [2.24, 2.45) is 0 Å². The molecule has 0 amide bonds. The fourth-order valence-electron chi connectivity index (χ4n) is 1.57. The summed E-state index contributed by atoms with van der Waals surface area (Å²) in [5.41, 5.74) is -1.30. The maximum Gasteiger partial charge on any atom is 0.364 e. The SMILES string of the molecule is CC(C)(C)n1oc(=O)c2ccccc2c1=O. The van der Waals surface area contributed by atoms with Crippen LogP contribution in [0, 0.1) is 0 Å². The number of benzene rings is 1. The van der Waals surface area contributed by atoms with Crippen molar-refractivity contribution >= 4 is 10.8 Å². The molecular weight excluding hydrogens is 206 g/mol. The molecule has 0 saturated heterocycles. The molecule has 2 rings (SSSR count). The molecule has 1 aromatic carbocycles. The number of aromatic nitrogens is 1. The minimum Gasteiger partial charge on any atom is -0.332 e. The number of hydrogen-bond acceptors (Lipinski definition) is 3. The van der Waals surface area contributed by atoms with E-state index in [1.807, 2.05) is 20.8 Å². The van der Waals surface area contributed by atoms with E-state index in [0.29, 0.717) is 10.8 Å². The third-order valence-corrected chi connectivity index (χ3v) is 2.35. The second kappa shape index (κ2) is 3.33. The number of nitrogens with zero attached hydrogens (tertiary/aromatic N) is 1. The zero-order valence-electron chi connectivity index (χ0n) is 9.48. The monoisotopic (exact) mass is 219 g/mol. The number of fused-ring (bicyclic) bond motifs is 1. The first kappa shape index (κ1) is 10.7. The molecule has 0 radical (unpaired) electrons. The zero-order valence-corrected chi connectivity index (χ0v) is 9.48. The molecule has 0 bridgehead atoms. The van der Waals surface area contributed by atoms with Crippen molar-refractivity contribution in [2.75, 3.05) is 0 Å². The van der Waals surface area contributed by atoms with Crippen LogP contribution in [0.4, 0.5) is 0 Å². The van der Waals surface area contributed by atoms with Gasteiger partial charge < -0.3 is 4.52 Å². The molecule has 0 aliphatic carbocycles. The number of rotatable bonds is 0. The van der Waals surface area contributed by atoms with Gasteiger partial charge >= 0.3 is 5.63 Å². The molecular formula is C12H13NO3. The van der Waals surface area contributed by atoms with E-state index in [9.17, 15) is 9.59 Å². The van der Waals surface area contributed by atoms with E-state index in [2.05, 4.69) is 0 Å². The topological polar surface area (TPSA) is 52.2 Å². The summed E-state index contributed by atoms with van der Waals surface area (Å²) in [6.07, 6.45) is 0. The Morgan fingerprint density at radius 1 is 1.06 bits per heavy atom. The van der Waals surface area contributed by atoms with Gasteiger partial charge in [-0.3, -0.25) is 4.79 Å². The van der Waals surface area contributed by atoms with E-state index < -0.39 is 11.2 Å². The smallest absolute Gasteiger partial charge is 0.332 e. The van der Waals surface area contributed by atoms with Crippen molar-refractivity contribution in [3.05, 3.63) is 45.0 Å². The van der Waals surface area contributed by atoms with Gasteiger partial charge in [0.2, 0.25) is 0 Å². The molecule has 0 N–H and O–H groups in total. The van der Waals surface area contributed by atoms with Gasteiger partial charge in [-0.05, 0) is 32.9 Å². The van der Waals surface area contributed by atoms with E-state index >= 15 is 0 Å². The third-order valence-electron chi connectivity index (χ3n) is 2.35. The van der Waals surface area contributed by atoms with Gasteiger partial charge in [0.1, 0.15) is 0 Å². The van der Waals surface area contributed by atoms with Crippen LogP contribution in [0.3, 0.4) is 0 Å². The summed E-state index contributed by atoms with van der Waals surface area (Å²) in [6, 6.07) is 6.67. The number of hydrogen-bond donors (Lipinski definition) is 0. The standard InChI is InChI=1S/C12H13NO3/c1-12(2,3)13-10(14)8-6-4-5-7-9(8)11(15)16-13/h4-7H,1-3H3. The minimum absolute atomic E-state index is 0.275. The van der Waals surface area contributed by atoms with E-state index in [4.69, 9.17) is 4.52 Å². The van der Waals surface area contributed by atoms with Crippen LogP contribution in [0.5, 0.6) is 0 Å². The molecule has 84 valence electrons. The van der Waals surface area contributed by atoms with Crippen molar-refractivity contribution in [1.82, 2.24) is 4.74 Å². The van der Waals surface area contributed by atoms with Crippen molar-refractivity contribution in [3.8, 4) is 0 Å². The Labute approximate surface area is 92.1 Å². The Kier molecular flexibility index (Phi) is 2.22. The molecule has 16 heavy (non-hydrogen) atoms. The van der Waals surface area contributed by atoms with Gasteiger partial charge in [-0.15, -0.1) is 0 Å². The summed E-state index contributed by atoms with van der Waals surface area (Å²) >= 11 is 0. The molecule has 0 unspecified atom stereocenters. The van der Waals surface area contributed by atoms with Gasteiger partial charge in [0.05, 0.1) is 16.3 Å². The average molecular weight is 219 g/mol. The second-order valence-electron chi connectivity index (χ2n) is 4.69. The Hall–Kier alpha value is -1.84. The quantitative estimate of drug-likeness (QED) is 0.677. The highest BCUT2D eigenvalue weighted by Gasteiger charge is 2.19. The van der Waals surface area contributed by atoms with Crippen molar-refractivity contribution in [3.63, 3.8) is 0 Å². The van der Waals surface area contributed by atoms with E-state index in [1.54, 1.807) is 24.3 Å². The molecule has 0 aliphatic heterocycles. The first-order valence-corrected chi connectivity index (χ1v) is 5.07. The van der Waals surface area contributed by atoms with Gasteiger partial charge in [-0.25, -0.2) is 4.79 Å². The van der Waals surface area contributed by atoms with Crippen LogP contribution < -0.4 is 11.2 Å². The van der Waals surface area contributed by atoms with Crippen LogP contribution in [-0.4, -0.2) is 4.74 Å². The summed E-state index contributed by atoms with van der Waals surface area (Å²) in [5, 5.41) is 0.724. The molecule has 2 aromatic rings. The van der Waals surface area contributed by atoms with Crippen LogP contribution >= 0.6 is 0 Å². The molecule has 1 aromatic heterocycles. The van der Waals surface area contributed by atoms with E-state index in [0.717, 1.165) is 4.74 Å². The molecule has 1 heterocycles. The predicted molar refractivity (Wildman–Crippen MR) is 61.7 cm³/mol. The van der Waals surface area contributed by atoms with Crippen LogP contribution in [0.15, 0.2) is 38.4 Å². The molecule has 0 aliphatic rings. The summed E-state index contributed by atoms with van der Waals surface area (Å²) in [7, 11) is 0. The Balaban J connectivity index is 2.98. The molecule has 0 fully saturated rings. The first-order valence-electron chi connectivity index (χ1n) is 5.07. The molecule has 4 nitrogen and oxygen atoms in total. The third kappa shape index (κ3) is 1.56. The Morgan fingerprint density at radius 3 is 2.19 bits per heavy atom. The van der Waals surface area contributed by atoms with Crippen LogP contribution in [0.1, 0.15) is 20.8 Å². The lowest BCUT2D eigenvalue weighted by Gasteiger charge is -2.19. The first-order chi connectivity index (χ1) is 7.41. The van der Waals surface area contributed by atoms with Crippen molar-refractivity contribution in [1.29, 1.82) is 0 Å². The van der Waals surface area contributed by atoms with E-state index in [1.165, 1.54) is 0 Å². The normalized spacial score (nSPS) is 11.9. The molecule has 0 atom stereocenters. The van der Waals surface area contributed by atoms with E-state index in [-0.39, 0.29) is 5.56 Å². The van der Waals surface area contributed by atoms with Crippen molar-refractivity contribution in [2.45, 2.75) is 26.3 Å². The Morgan fingerprint density at radius 2 is 1.62 bits per heavy atom. The highest BCUT2D eigenvalue weighted by molar-refractivity contribution is 5.79. The van der Waals surface area contributed by atoms with Crippen molar-refractivity contribution < 1.29 is 4.52 Å². The minimum atomic E-state index is -0.541. The lowest BCUT2D eigenvalue weighted by molar-refractivity contribution is 0.135. The van der Waals surface area contributed by atoms with Gasteiger partial charge in [0, 0.05) is 0 Å². The Bertz CT molecular complexity index is 644. The largest absolute Gasteiger partial charge is 0.364 e. The lowest BCUT2D eigenvalue weighted by Crippen LogP contribution is -2.36. The second-order valence-corrected chi connectivity index (χ2v) is 4.69. The molecule has 0 spiro atoms. The van der Waals surface area contributed by atoms with Crippen LogP contribution in [0.25, 0.3) is 10.8 Å². The van der Waals surface area contributed by atoms with Gasteiger partial charge in [0.15, 0.2) is 0 Å². The van der Waals surface area contributed by atoms with Crippen LogP contribution in [-0.2, 0) is 5.54 Å². The summed E-state index contributed by atoms with van der Waals surface area (Å²) in [6.45, 7) is 5.43. The van der Waals surface area contributed by atoms with Gasteiger partial charge in [-0.2, -0.15) is 4.74 Å². The molecule has 0 saturated carbocycles. The fraction of sp³-hybridized carbons (Fsp3) is 0.333. The highest BCUT2D eigenvalue weighted by atomic mass is 16.5. The predicted octanol–water partition coefficient (Wildman–Crippen LogP) is 1.71. The maximum atomic E-state index is 12.1. The summed E-state index contributed by atoms with van der Waals surface area (Å²) in [5.74, 6) is 0. The van der Waals surface area contributed by atoms with Gasteiger partial charge in [-0.1, -0.05) is 12.1 Å². The summed E-state index contributed by atoms with van der Waals surface area (Å²) < 4.78 is 6.16.